The van der Waals surface area contributed by atoms with Gasteiger partial charge in [0.25, 0.3) is 0 Å². The van der Waals surface area contributed by atoms with Gasteiger partial charge in [0.2, 0.25) is 0 Å². The van der Waals surface area contributed by atoms with Gasteiger partial charge < -0.3 is 9.30 Å². The molecule has 2 heterocycles. The van der Waals surface area contributed by atoms with Crippen molar-refractivity contribution in [3.05, 3.63) is 29.3 Å². The Hall–Kier alpha value is -1.53. The predicted molar refractivity (Wildman–Crippen MR) is 76.7 cm³/mol. The van der Waals surface area contributed by atoms with E-state index in [9.17, 15) is 4.79 Å². The lowest BCUT2D eigenvalue weighted by atomic mass is 10.2. The monoisotopic (exact) mass is 309 g/mol. The van der Waals surface area contributed by atoms with Gasteiger partial charge in [-0.3, -0.25) is 4.79 Å². The maximum Gasteiger partial charge on any atom is 0.319 e. The predicted octanol–water partition coefficient (Wildman–Crippen LogP) is 2.54. The molecule has 0 amide bonds. The SMILES string of the molecule is Cn1c(S[C@@H]2CCOC2=O)nnc1-c1ccccc1Cl. The first-order chi connectivity index (χ1) is 9.66. The van der Waals surface area contributed by atoms with E-state index in [-0.39, 0.29) is 11.2 Å². The van der Waals surface area contributed by atoms with Crippen molar-refractivity contribution >= 4 is 29.3 Å². The quantitative estimate of drug-likeness (QED) is 0.816. The zero-order valence-corrected chi connectivity index (χ0v) is 12.3. The lowest BCUT2D eigenvalue weighted by molar-refractivity contribution is -0.137. The van der Waals surface area contributed by atoms with Crippen molar-refractivity contribution in [1.82, 2.24) is 14.8 Å². The number of nitrogens with zero attached hydrogens (tertiary/aromatic N) is 3. The minimum Gasteiger partial charge on any atom is -0.465 e. The molecule has 104 valence electrons. The van der Waals surface area contributed by atoms with E-state index < -0.39 is 0 Å². The van der Waals surface area contributed by atoms with Gasteiger partial charge in [-0.1, -0.05) is 35.5 Å². The molecule has 2 aromatic rings. The zero-order chi connectivity index (χ0) is 14.1. The number of cyclic esters (lactones) is 1. The Bertz CT molecular complexity index is 659. The Morgan fingerprint density at radius 1 is 1.40 bits per heavy atom. The van der Waals surface area contributed by atoms with Crippen LogP contribution >= 0.6 is 23.4 Å². The van der Waals surface area contributed by atoms with E-state index in [1.54, 1.807) is 0 Å². The molecule has 0 spiro atoms. The first-order valence-electron chi connectivity index (χ1n) is 6.14. The maximum absolute atomic E-state index is 11.5. The van der Waals surface area contributed by atoms with Gasteiger partial charge in [-0.25, -0.2) is 0 Å². The van der Waals surface area contributed by atoms with E-state index >= 15 is 0 Å². The summed E-state index contributed by atoms with van der Waals surface area (Å²) in [6.45, 7) is 0.478. The minimum absolute atomic E-state index is 0.183. The molecule has 0 N–H and O–H groups in total. The summed E-state index contributed by atoms with van der Waals surface area (Å²) < 4.78 is 6.79. The van der Waals surface area contributed by atoms with Gasteiger partial charge in [0.05, 0.1) is 11.6 Å². The van der Waals surface area contributed by atoms with Gasteiger partial charge in [-0.15, -0.1) is 10.2 Å². The van der Waals surface area contributed by atoms with E-state index in [0.29, 0.717) is 29.0 Å². The fraction of sp³-hybridized carbons (Fsp3) is 0.308. The molecule has 0 saturated carbocycles. The number of rotatable bonds is 3. The van der Waals surface area contributed by atoms with Crippen LogP contribution in [0.15, 0.2) is 29.4 Å². The minimum atomic E-state index is -0.197. The van der Waals surface area contributed by atoms with Crippen LogP contribution in [0.4, 0.5) is 0 Å². The van der Waals surface area contributed by atoms with E-state index in [1.165, 1.54) is 11.8 Å². The summed E-state index contributed by atoms with van der Waals surface area (Å²) in [5.41, 5.74) is 0.824. The van der Waals surface area contributed by atoms with Gasteiger partial charge in [-0.05, 0) is 12.1 Å². The highest BCUT2D eigenvalue weighted by Crippen LogP contribution is 2.32. The van der Waals surface area contributed by atoms with Crippen LogP contribution in [-0.2, 0) is 16.6 Å². The molecule has 1 aliphatic rings. The zero-order valence-electron chi connectivity index (χ0n) is 10.7. The second kappa shape index (κ2) is 5.46. The molecule has 3 rings (SSSR count). The Morgan fingerprint density at radius 3 is 2.90 bits per heavy atom. The highest BCUT2D eigenvalue weighted by atomic mass is 35.5. The summed E-state index contributed by atoms with van der Waals surface area (Å²) in [4.78, 5) is 11.5. The molecule has 7 heteroatoms. The average molecular weight is 310 g/mol. The van der Waals surface area contributed by atoms with Crippen molar-refractivity contribution in [2.24, 2.45) is 7.05 Å². The normalized spacial score (nSPS) is 18.3. The third-order valence-electron chi connectivity index (χ3n) is 3.08. The van der Waals surface area contributed by atoms with Crippen molar-refractivity contribution in [1.29, 1.82) is 0 Å². The molecule has 0 radical (unpaired) electrons. The Labute approximate surface area is 125 Å². The molecule has 0 bridgehead atoms. The largest absolute Gasteiger partial charge is 0.465 e. The summed E-state index contributed by atoms with van der Waals surface area (Å²) in [5, 5.41) is 9.42. The highest BCUT2D eigenvalue weighted by molar-refractivity contribution is 8.00. The summed E-state index contributed by atoms with van der Waals surface area (Å²) in [6, 6.07) is 7.47. The van der Waals surface area contributed by atoms with E-state index in [1.807, 2.05) is 35.9 Å². The van der Waals surface area contributed by atoms with Gasteiger partial charge in [0.1, 0.15) is 5.25 Å². The first kappa shape index (κ1) is 13.5. The topological polar surface area (TPSA) is 57.0 Å². The number of halogens is 1. The maximum atomic E-state index is 11.5. The number of ether oxygens (including phenoxy) is 1. The third-order valence-corrected chi connectivity index (χ3v) is 4.69. The van der Waals surface area contributed by atoms with Crippen LogP contribution in [-0.4, -0.2) is 32.6 Å². The fourth-order valence-corrected chi connectivity index (χ4v) is 3.19. The lowest BCUT2D eigenvalue weighted by Gasteiger charge is -2.06. The summed E-state index contributed by atoms with van der Waals surface area (Å²) >= 11 is 7.55. The van der Waals surface area contributed by atoms with E-state index in [2.05, 4.69) is 10.2 Å². The summed E-state index contributed by atoms with van der Waals surface area (Å²) in [5.74, 6) is 0.502. The highest BCUT2D eigenvalue weighted by Gasteiger charge is 2.29. The summed E-state index contributed by atoms with van der Waals surface area (Å²) in [6.07, 6.45) is 0.706. The first-order valence-corrected chi connectivity index (χ1v) is 7.40. The molecule has 5 nitrogen and oxygen atoms in total. The molecule has 1 aromatic heterocycles. The van der Waals surface area contributed by atoms with Crippen LogP contribution in [0.3, 0.4) is 0 Å². The Balaban J connectivity index is 1.89. The van der Waals surface area contributed by atoms with Gasteiger partial charge >= 0.3 is 5.97 Å². The Kier molecular flexibility index (Phi) is 3.67. The third kappa shape index (κ3) is 2.41. The van der Waals surface area contributed by atoms with Crippen LogP contribution in [0.5, 0.6) is 0 Å². The van der Waals surface area contributed by atoms with Gasteiger partial charge in [-0.2, -0.15) is 0 Å². The lowest BCUT2D eigenvalue weighted by Crippen LogP contribution is -2.10. The number of carbonyl (C=O) groups excluding carboxylic acids is 1. The average Bonchev–Trinajstić information content (AvgIpc) is 2.99. The molecule has 1 aromatic carbocycles. The fourth-order valence-electron chi connectivity index (χ4n) is 2.01. The van der Waals surface area contributed by atoms with Crippen molar-refractivity contribution < 1.29 is 9.53 Å². The number of benzene rings is 1. The van der Waals surface area contributed by atoms with Crippen molar-refractivity contribution in [2.75, 3.05) is 6.61 Å². The Morgan fingerprint density at radius 2 is 2.20 bits per heavy atom. The number of thioether (sulfide) groups is 1. The number of esters is 1. The molecule has 1 fully saturated rings. The van der Waals surface area contributed by atoms with Crippen LogP contribution in [0.1, 0.15) is 6.42 Å². The summed E-state index contributed by atoms with van der Waals surface area (Å²) in [7, 11) is 1.86. The molecule has 1 aliphatic heterocycles. The van der Waals surface area contributed by atoms with Crippen LogP contribution in [0.25, 0.3) is 11.4 Å². The second-order valence-corrected chi connectivity index (χ2v) is 5.98. The smallest absolute Gasteiger partial charge is 0.319 e. The van der Waals surface area contributed by atoms with Gasteiger partial charge in [0, 0.05) is 19.0 Å². The van der Waals surface area contributed by atoms with Crippen LogP contribution in [0.2, 0.25) is 5.02 Å². The molecular formula is C13H12ClN3O2S. The number of hydrogen-bond acceptors (Lipinski definition) is 5. The number of carbonyl (C=O) groups is 1. The molecule has 1 atom stereocenters. The molecule has 0 unspecified atom stereocenters. The van der Waals surface area contributed by atoms with Crippen molar-refractivity contribution in [3.63, 3.8) is 0 Å². The van der Waals surface area contributed by atoms with E-state index in [0.717, 1.165) is 5.56 Å². The standard InChI is InChI=1S/C13H12ClN3O2S/c1-17-11(8-4-2-3-5-9(8)14)15-16-13(17)20-10-6-7-19-12(10)18/h2-5,10H,6-7H2,1H3/t10-/m1/s1. The van der Waals surface area contributed by atoms with Crippen LogP contribution in [0, 0.1) is 0 Å². The van der Waals surface area contributed by atoms with E-state index in [4.69, 9.17) is 16.3 Å². The van der Waals surface area contributed by atoms with Crippen molar-refractivity contribution in [2.45, 2.75) is 16.8 Å². The molecule has 0 aliphatic carbocycles. The van der Waals surface area contributed by atoms with Crippen molar-refractivity contribution in [3.8, 4) is 11.4 Å². The van der Waals surface area contributed by atoms with Crippen LogP contribution < -0.4 is 0 Å². The number of hydrogen-bond donors (Lipinski definition) is 0. The molecule has 20 heavy (non-hydrogen) atoms. The second-order valence-electron chi connectivity index (χ2n) is 4.41. The molecular weight excluding hydrogens is 298 g/mol. The van der Waals surface area contributed by atoms with Gasteiger partial charge in [0.15, 0.2) is 11.0 Å². The number of aromatic nitrogens is 3. The molecule has 1 saturated heterocycles.